The van der Waals surface area contributed by atoms with Crippen LogP contribution in [0, 0.1) is 17.2 Å². The van der Waals surface area contributed by atoms with Gasteiger partial charge in [0.1, 0.15) is 18.7 Å². The molecule has 13 heteroatoms. The van der Waals surface area contributed by atoms with Gasteiger partial charge in [-0.1, -0.05) is 32.5 Å². The minimum atomic E-state index is -3.92. The van der Waals surface area contributed by atoms with E-state index in [4.69, 9.17) is 15.0 Å². The van der Waals surface area contributed by atoms with Gasteiger partial charge in [0.25, 0.3) is 10.2 Å². The van der Waals surface area contributed by atoms with E-state index >= 15 is 0 Å². The number of hydrogen-bond donors (Lipinski definition) is 2. The molecule has 3 N–H and O–H groups in total. The molecule has 3 aromatic rings. The van der Waals surface area contributed by atoms with Crippen LogP contribution in [0.5, 0.6) is 0 Å². The molecule has 0 aliphatic heterocycles. The summed E-state index contributed by atoms with van der Waals surface area (Å²) in [5.41, 5.74) is 2.54. The van der Waals surface area contributed by atoms with E-state index in [9.17, 15) is 13.7 Å². The van der Waals surface area contributed by atoms with Crippen molar-refractivity contribution in [2.75, 3.05) is 6.61 Å². The van der Waals surface area contributed by atoms with Gasteiger partial charge in [0.05, 0.1) is 36.5 Å². The first-order valence-electron chi connectivity index (χ1n) is 12.7. The smallest absolute Gasteiger partial charge is 0.274 e. The minimum Gasteiger partial charge on any atom is -0.361 e. The van der Waals surface area contributed by atoms with Crippen molar-refractivity contribution in [3.63, 3.8) is 0 Å². The number of nitrogens with one attached hydrogen (secondary N) is 1. The van der Waals surface area contributed by atoms with Crippen LogP contribution in [-0.4, -0.2) is 47.4 Å². The van der Waals surface area contributed by atoms with Gasteiger partial charge in [-0.3, -0.25) is 4.68 Å². The lowest BCUT2D eigenvalue weighted by molar-refractivity contribution is 0.0899. The minimum absolute atomic E-state index is 0.0862. The second kappa shape index (κ2) is 11.4. The molecule has 37 heavy (non-hydrogen) atoms. The number of rotatable bonds is 12. The summed E-state index contributed by atoms with van der Waals surface area (Å²) in [6.45, 7) is 7.95. The fourth-order valence-electron chi connectivity index (χ4n) is 4.87. The van der Waals surface area contributed by atoms with Crippen LogP contribution < -0.4 is 9.86 Å². The Morgan fingerprint density at radius 2 is 2.05 bits per heavy atom. The largest absolute Gasteiger partial charge is 0.361 e. The Hall–Kier alpha value is -2.63. The Labute approximate surface area is 219 Å². The van der Waals surface area contributed by atoms with Gasteiger partial charge in [-0.05, 0) is 30.9 Å². The highest BCUT2D eigenvalue weighted by Crippen LogP contribution is 2.37. The number of nitriles is 1. The lowest BCUT2D eigenvalue weighted by Gasteiger charge is -2.21. The van der Waals surface area contributed by atoms with Crippen molar-refractivity contribution in [2.45, 2.75) is 77.1 Å². The van der Waals surface area contributed by atoms with Crippen molar-refractivity contribution in [1.82, 2.24) is 29.0 Å². The molecule has 3 aromatic heterocycles. The number of fused-ring (bicyclic) bond motifs is 1. The van der Waals surface area contributed by atoms with Crippen LogP contribution in [0.25, 0.3) is 22.3 Å². The maximum absolute atomic E-state index is 11.7. The summed E-state index contributed by atoms with van der Waals surface area (Å²) in [5, 5.41) is 20.3. The highest BCUT2D eigenvalue weighted by atomic mass is 32.2. The normalized spacial score (nSPS) is 15.9. The molecule has 1 aliphatic rings. The Morgan fingerprint density at radius 1 is 1.30 bits per heavy atom. The summed E-state index contributed by atoms with van der Waals surface area (Å²) in [7, 11) is -5.11. The van der Waals surface area contributed by atoms with Crippen LogP contribution in [0.4, 0.5) is 0 Å². The average molecular weight is 545 g/mol. The first kappa shape index (κ1) is 27.4. The lowest BCUT2D eigenvalue weighted by Crippen LogP contribution is -2.30. The molecular formula is C24H36N8O3SSi. The third-order valence-electron chi connectivity index (χ3n) is 6.87. The number of hydrogen-bond acceptors (Lipinski definition) is 7. The van der Waals surface area contributed by atoms with Gasteiger partial charge in [0.2, 0.25) is 0 Å². The molecule has 1 fully saturated rings. The van der Waals surface area contributed by atoms with Gasteiger partial charge in [0.15, 0.2) is 0 Å². The van der Waals surface area contributed by atoms with Crippen molar-refractivity contribution in [3.05, 3.63) is 30.5 Å². The molecule has 0 radical (unpaired) electrons. The molecule has 0 bridgehead atoms. The standard InChI is InChI=1S/C24H36N8O3SSi/c1-37(2,3)13-12-35-17-31-11-9-19-23(27-16-28-24(19)31)20-15-32(30-21(20)14-29-36(26,33)34)22(8-10-25)18-6-4-5-7-18/h9,11,15-16,18,22,29H,4-8,12-14,17H2,1-3H3,(H2,26,33,34). The fourth-order valence-corrected chi connectivity index (χ4v) is 5.97. The van der Waals surface area contributed by atoms with Crippen LogP contribution in [0.2, 0.25) is 25.7 Å². The summed E-state index contributed by atoms with van der Waals surface area (Å²) in [5.74, 6) is 0.353. The SMILES string of the molecule is C[Si](C)(C)CCOCn1ccc2c(-c3cn(C(CC#N)C4CCCC4)nc3CNS(N)(=O)=O)ncnc21. The highest BCUT2D eigenvalue weighted by Gasteiger charge is 2.29. The monoisotopic (exact) mass is 544 g/mol. The van der Waals surface area contributed by atoms with Crippen LogP contribution in [0.15, 0.2) is 24.8 Å². The quantitative estimate of drug-likeness (QED) is 0.261. The Morgan fingerprint density at radius 3 is 2.73 bits per heavy atom. The number of nitrogens with two attached hydrogens (primary N) is 1. The molecule has 0 amide bonds. The van der Waals surface area contributed by atoms with Crippen molar-refractivity contribution in [1.29, 1.82) is 5.26 Å². The van der Waals surface area contributed by atoms with E-state index in [1.54, 1.807) is 0 Å². The van der Waals surface area contributed by atoms with Crippen LogP contribution in [-0.2, 0) is 28.2 Å². The maximum Gasteiger partial charge on any atom is 0.274 e. The van der Waals surface area contributed by atoms with Gasteiger partial charge in [-0.25, -0.2) is 15.1 Å². The molecule has 1 saturated carbocycles. The maximum atomic E-state index is 11.7. The van der Waals surface area contributed by atoms with Crippen LogP contribution >= 0.6 is 0 Å². The molecule has 1 atom stereocenters. The van der Waals surface area contributed by atoms with E-state index in [1.165, 1.54) is 6.33 Å². The van der Waals surface area contributed by atoms with Crippen LogP contribution in [0.3, 0.4) is 0 Å². The average Bonchev–Trinajstić information content (AvgIpc) is 3.58. The Balaban J connectivity index is 1.68. The molecule has 0 spiro atoms. The molecular weight excluding hydrogens is 508 g/mol. The third-order valence-corrected chi connectivity index (χ3v) is 9.12. The van der Waals surface area contributed by atoms with Gasteiger partial charge in [-0.2, -0.15) is 23.5 Å². The highest BCUT2D eigenvalue weighted by molar-refractivity contribution is 7.87. The van der Waals surface area contributed by atoms with Gasteiger partial charge in [-0.15, -0.1) is 0 Å². The van der Waals surface area contributed by atoms with Crippen LogP contribution in [0.1, 0.15) is 43.8 Å². The molecule has 200 valence electrons. The second-order valence-electron chi connectivity index (χ2n) is 10.9. The van der Waals surface area contributed by atoms with E-state index in [0.717, 1.165) is 42.8 Å². The van der Waals surface area contributed by atoms with Gasteiger partial charge in [0, 0.05) is 38.0 Å². The van der Waals surface area contributed by atoms with Crippen molar-refractivity contribution in [3.8, 4) is 17.3 Å². The molecule has 0 saturated heterocycles. The molecule has 3 heterocycles. The Bertz CT molecular complexity index is 1370. The Kier molecular flexibility index (Phi) is 8.45. The van der Waals surface area contributed by atoms with Gasteiger partial charge >= 0.3 is 0 Å². The van der Waals surface area contributed by atoms with Crippen molar-refractivity contribution in [2.24, 2.45) is 11.1 Å². The van der Waals surface area contributed by atoms with Gasteiger partial charge < -0.3 is 9.30 Å². The summed E-state index contributed by atoms with van der Waals surface area (Å²) < 4.78 is 35.3. The predicted octanol–water partition coefficient (Wildman–Crippen LogP) is 3.55. The summed E-state index contributed by atoms with van der Waals surface area (Å²) in [6, 6.07) is 5.23. The molecule has 1 aliphatic carbocycles. The number of nitrogens with zero attached hydrogens (tertiary/aromatic N) is 6. The fraction of sp³-hybridized carbons (Fsp3) is 0.583. The van der Waals surface area contributed by atoms with Crippen molar-refractivity contribution < 1.29 is 13.2 Å². The second-order valence-corrected chi connectivity index (χ2v) is 17.9. The zero-order chi connectivity index (χ0) is 26.6. The van der Waals surface area contributed by atoms with E-state index in [1.807, 2.05) is 27.7 Å². The zero-order valence-electron chi connectivity index (χ0n) is 21.7. The van der Waals surface area contributed by atoms with E-state index < -0.39 is 18.3 Å². The zero-order valence-corrected chi connectivity index (χ0v) is 23.5. The first-order valence-corrected chi connectivity index (χ1v) is 17.9. The lowest BCUT2D eigenvalue weighted by atomic mass is 9.96. The summed E-state index contributed by atoms with van der Waals surface area (Å²) in [6.07, 6.45) is 9.99. The number of aromatic nitrogens is 5. The first-order chi connectivity index (χ1) is 17.6. The molecule has 0 aromatic carbocycles. The van der Waals surface area contributed by atoms with Crippen molar-refractivity contribution >= 4 is 29.3 Å². The molecule has 11 nitrogen and oxygen atoms in total. The van der Waals surface area contributed by atoms with E-state index in [2.05, 4.69) is 40.4 Å². The molecule has 4 rings (SSSR count). The van der Waals surface area contributed by atoms with E-state index in [-0.39, 0.29) is 12.6 Å². The summed E-state index contributed by atoms with van der Waals surface area (Å²) in [4.78, 5) is 9.04. The number of ether oxygens (including phenoxy) is 1. The molecule has 1 unspecified atom stereocenters. The van der Waals surface area contributed by atoms with E-state index in [0.29, 0.717) is 42.6 Å². The topological polar surface area (TPSA) is 154 Å². The summed E-state index contributed by atoms with van der Waals surface area (Å²) >= 11 is 0. The third kappa shape index (κ3) is 7.02. The predicted molar refractivity (Wildman–Crippen MR) is 144 cm³/mol.